The van der Waals surface area contributed by atoms with Crippen molar-refractivity contribution in [3.63, 3.8) is 0 Å². The van der Waals surface area contributed by atoms with Crippen LogP contribution < -0.4 is 9.47 Å². The van der Waals surface area contributed by atoms with Gasteiger partial charge in [-0.05, 0) is 54.9 Å². The second-order valence-corrected chi connectivity index (χ2v) is 8.13. The van der Waals surface area contributed by atoms with Crippen LogP contribution in [0.2, 0.25) is 0 Å². The number of aliphatic hydroxyl groups is 1. The van der Waals surface area contributed by atoms with Crippen molar-refractivity contribution in [1.29, 1.82) is 0 Å². The van der Waals surface area contributed by atoms with Gasteiger partial charge in [0.1, 0.15) is 11.8 Å². The highest BCUT2D eigenvalue weighted by Crippen LogP contribution is 2.40. The zero-order chi connectivity index (χ0) is 20.4. The number of benzene rings is 1. The third kappa shape index (κ3) is 4.10. The van der Waals surface area contributed by atoms with Crippen molar-refractivity contribution >= 4 is 5.91 Å². The number of aromatic amines is 1. The van der Waals surface area contributed by atoms with Crippen molar-refractivity contribution in [3.8, 4) is 11.5 Å². The van der Waals surface area contributed by atoms with Gasteiger partial charge < -0.3 is 19.5 Å². The number of nitrogens with zero attached hydrogens (tertiary/aromatic N) is 2. The first-order valence-corrected chi connectivity index (χ1v) is 10.4. The first-order chi connectivity index (χ1) is 14.1. The SMILES string of the molecule is CCCc1ccc(O[C@@H]2C[C@@H]3CN(C(=O)c4ccn[nH]4)C[C@@H]3C[C@H]2O)c(OC)c1. The van der Waals surface area contributed by atoms with E-state index >= 15 is 0 Å². The normalized spacial score (nSPS) is 26.2. The summed E-state index contributed by atoms with van der Waals surface area (Å²) in [5.41, 5.74) is 1.72. The molecular weight excluding hydrogens is 370 g/mol. The van der Waals surface area contributed by atoms with Crippen LogP contribution in [0.1, 0.15) is 42.2 Å². The molecular formula is C22H29N3O4. The largest absolute Gasteiger partial charge is 0.493 e. The maximum absolute atomic E-state index is 12.6. The van der Waals surface area contributed by atoms with Gasteiger partial charge in [-0.15, -0.1) is 0 Å². The molecule has 0 spiro atoms. The Balaban J connectivity index is 1.43. The summed E-state index contributed by atoms with van der Waals surface area (Å²) in [5, 5.41) is 17.3. The Kier molecular flexibility index (Phi) is 5.76. The number of nitrogens with one attached hydrogen (secondary N) is 1. The summed E-state index contributed by atoms with van der Waals surface area (Å²) in [6, 6.07) is 7.70. The van der Waals surface area contributed by atoms with E-state index in [2.05, 4.69) is 23.2 Å². The molecule has 156 valence electrons. The third-order valence-electron chi connectivity index (χ3n) is 6.15. The standard InChI is InChI=1S/C22H29N3O4/c1-3-4-14-5-6-19(21(9-14)28-2)29-20-11-16-13-25(12-15(16)10-18(20)26)22(27)17-7-8-23-24-17/h5-9,15-16,18,20,26H,3-4,10-13H2,1-2H3,(H,23,24)/t15-,16+,18+,20+/m0/s1. The molecule has 4 rings (SSSR count). The number of carbonyl (C=O) groups is 1. The molecule has 1 saturated carbocycles. The van der Waals surface area contributed by atoms with Crippen LogP contribution in [0.4, 0.5) is 0 Å². The van der Waals surface area contributed by atoms with Crippen LogP contribution in [0, 0.1) is 11.8 Å². The zero-order valence-corrected chi connectivity index (χ0v) is 17.0. The van der Waals surface area contributed by atoms with E-state index in [1.165, 1.54) is 5.56 Å². The van der Waals surface area contributed by atoms with E-state index in [0.717, 1.165) is 19.3 Å². The molecule has 0 radical (unpaired) electrons. The summed E-state index contributed by atoms with van der Waals surface area (Å²) in [4.78, 5) is 14.5. The van der Waals surface area contributed by atoms with Crippen LogP contribution in [0.5, 0.6) is 11.5 Å². The highest BCUT2D eigenvalue weighted by Gasteiger charge is 2.44. The molecule has 1 aromatic heterocycles. The molecule has 7 nitrogen and oxygen atoms in total. The maximum Gasteiger partial charge on any atom is 0.271 e. The molecule has 1 saturated heterocycles. The number of hydrogen-bond donors (Lipinski definition) is 2. The molecule has 2 aliphatic rings. The number of amides is 1. The Morgan fingerprint density at radius 3 is 2.72 bits per heavy atom. The summed E-state index contributed by atoms with van der Waals surface area (Å²) in [5.74, 6) is 1.95. The van der Waals surface area contributed by atoms with E-state index in [-0.39, 0.29) is 12.0 Å². The highest BCUT2D eigenvalue weighted by atomic mass is 16.5. The average Bonchev–Trinajstić information content (AvgIpc) is 3.39. The second-order valence-electron chi connectivity index (χ2n) is 8.13. The van der Waals surface area contributed by atoms with Crippen molar-refractivity contribution in [1.82, 2.24) is 15.1 Å². The molecule has 0 bridgehead atoms. The number of rotatable bonds is 6. The number of fused-ring (bicyclic) bond motifs is 1. The van der Waals surface area contributed by atoms with Crippen molar-refractivity contribution in [3.05, 3.63) is 41.7 Å². The van der Waals surface area contributed by atoms with Gasteiger partial charge in [0.05, 0.1) is 13.2 Å². The summed E-state index contributed by atoms with van der Waals surface area (Å²) >= 11 is 0. The van der Waals surface area contributed by atoms with Crippen LogP contribution in [0.25, 0.3) is 0 Å². The number of hydrogen-bond acceptors (Lipinski definition) is 5. The summed E-state index contributed by atoms with van der Waals surface area (Å²) < 4.78 is 11.7. The van der Waals surface area contributed by atoms with Crippen LogP contribution in [-0.2, 0) is 6.42 Å². The minimum absolute atomic E-state index is 0.0305. The predicted molar refractivity (Wildman–Crippen MR) is 108 cm³/mol. The summed E-state index contributed by atoms with van der Waals surface area (Å²) in [7, 11) is 1.64. The smallest absolute Gasteiger partial charge is 0.271 e. The van der Waals surface area contributed by atoms with Crippen molar-refractivity contribution in [2.75, 3.05) is 20.2 Å². The van der Waals surface area contributed by atoms with Gasteiger partial charge in [0.2, 0.25) is 0 Å². The van der Waals surface area contributed by atoms with Crippen LogP contribution >= 0.6 is 0 Å². The summed E-state index contributed by atoms with van der Waals surface area (Å²) in [6.07, 6.45) is 4.15. The van der Waals surface area contributed by atoms with E-state index in [1.54, 1.807) is 19.4 Å². The average molecular weight is 399 g/mol. The van der Waals surface area contributed by atoms with Crippen molar-refractivity contribution in [2.45, 2.75) is 44.8 Å². The topological polar surface area (TPSA) is 87.7 Å². The second kappa shape index (κ2) is 8.45. The Bertz CT molecular complexity index is 839. The van der Waals surface area contributed by atoms with Gasteiger partial charge in [-0.25, -0.2) is 0 Å². The number of methoxy groups -OCH3 is 1. The Morgan fingerprint density at radius 2 is 2.03 bits per heavy atom. The van der Waals surface area contributed by atoms with Crippen molar-refractivity contribution in [2.24, 2.45) is 11.8 Å². The van der Waals surface area contributed by atoms with E-state index in [1.807, 2.05) is 17.0 Å². The Morgan fingerprint density at radius 1 is 1.24 bits per heavy atom. The number of likely N-dealkylation sites (tertiary alicyclic amines) is 1. The van der Waals surface area contributed by atoms with Gasteiger partial charge in [0.15, 0.2) is 11.5 Å². The van der Waals surface area contributed by atoms with E-state index in [0.29, 0.717) is 48.5 Å². The molecule has 4 atom stereocenters. The van der Waals surface area contributed by atoms with Crippen LogP contribution in [-0.4, -0.2) is 58.5 Å². The fourth-order valence-corrected chi connectivity index (χ4v) is 4.64. The van der Waals surface area contributed by atoms with Gasteiger partial charge in [0.25, 0.3) is 5.91 Å². The fraction of sp³-hybridized carbons (Fsp3) is 0.545. The van der Waals surface area contributed by atoms with Crippen molar-refractivity contribution < 1.29 is 19.4 Å². The molecule has 1 aromatic carbocycles. The molecule has 0 unspecified atom stereocenters. The Labute approximate surface area is 171 Å². The molecule has 2 aromatic rings. The van der Waals surface area contributed by atoms with Crippen LogP contribution in [0.3, 0.4) is 0 Å². The molecule has 1 aliphatic carbocycles. The van der Waals surface area contributed by atoms with Gasteiger partial charge in [0, 0.05) is 19.3 Å². The number of aryl methyl sites for hydroxylation is 1. The molecule has 2 fully saturated rings. The number of ether oxygens (including phenoxy) is 2. The van der Waals surface area contributed by atoms with E-state index in [9.17, 15) is 9.90 Å². The van der Waals surface area contributed by atoms with Gasteiger partial charge in [-0.2, -0.15) is 5.10 Å². The van der Waals surface area contributed by atoms with Gasteiger partial charge in [-0.3, -0.25) is 9.89 Å². The predicted octanol–water partition coefficient (Wildman–Crippen LogP) is 2.66. The maximum atomic E-state index is 12.6. The molecule has 2 heterocycles. The third-order valence-corrected chi connectivity index (χ3v) is 6.15. The molecule has 7 heteroatoms. The molecule has 29 heavy (non-hydrogen) atoms. The Hall–Kier alpha value is -2.54. The number of aromatic nitrogens is 2. The molecule has 2 N–H and O–H groups in total. The van der Waals surface area contributed by atoms with E-state index in [4.69, 9.17) is 9.47 Å². The lowest BCUT2D eigenvalue weighted by Gasteiger charge is -2.35. The first-order valence-electron chi connectivity index (χ1n) is 10.4. The lowest BCUT2D eigenvalue weighted by atomic mass is 9.78. The molecule has 1 aliphatic heterocycles. The summed E-state index contributed by atoms with van der Waals surface area (Å²) in [6.45, 7) is 3.50. The number of carbonyl (C=O) groups excluding carboxylic acids is 1. The lowest BCUT2D eigenvalue weighted by Crippen LogP contribution is -2.42. The molecule has 1 amide bonds. The monoisotopic (exact) mass is 399 g/mol. The zero-order valence-electron chi connectivity index (χ0n) is 17.0. The van der Waals surface area contributed by atoms with Crippen LogP contribution in [0.15, 0.2) is 30.5 Å². The fourth-order valence-electron chi connectivity index (χ4n) is 4.64. The number of aliphatic hydroxyl groups excluding tert-OH is 1. The van der Waals surface area contributed by atoms with Gasteiger partial charge in [-0.1, -0.05) is 19.4 Å². The first kappa shape index (κ1) is 19.8. The van der Waals surface area contributed by atoms with Gasteiger partial charge >= 0.3 is 0 Å². The van der Waals surface area contributed by atoms with E-state index < -0.39 is 6.10 Å². The minimum atomic E-state index is -0.557. The quantitative estimate of drug-likeness (QED) is 0.780. The lowest BCUT2D eigenvalue weighted by molar-refractivity contribution is -0.0240. The number of H-pyrrole nitrogens is 1. The highest BCUT2D eigenvalue weighted by molar-refractivity contribution is 5.92. The minimum Gasteiger partial charge on any atom is -0.493 e.